The monoisotopic (exact) mass is 285 g/mol. The Balaban J connectivity index is 1.92. The van der Waals surface area contributed by atoms with Gasteiger partial charge in [0.2, 0.25) is 10.0 Å². The Hall–Kier alpha value is -0.850. The van der Waals surface area contributed by atoms with E-state index >= 15 is 0 Å². The van der Waals surface area contributed by atoms with Crippen molar-refractivity contribution < 1.29 is 8.42 Å². The third-order valence-electron chi connectivity index (χ3n) is 3.56. The maximum atomic E-state index is 12.1. The quantitative estimate of drug-likeness (QED) is 0.635. The highest BCUT2D eigenvalue weighted by Crippen LogP contribution is 2.44. The minimum absolute atomic E-state index is 0.175. The molecule has 3 N–H and O–H groups in total. The van der Waals surface area contributed by atoms with Crippen LogP contribution in [-0.4, -0.2) is 26.5 Å². The molecule has 6 heteroatoms. The van der Waals surface area contributed by atoms with Crippen molar-refractivity contribution in [1.29, 1.82) is 0 Å². The second-order valence-corrected chi connectivity index (χ2v) is 7.44. The lowest BCUT2D eigenvalue weighted by Gasteiger charge is -2.09. The molecule has 1 aliphatic rings. The lowest BCUT2D eigenvalue weighted by Crippen LogP contribution is -2.28. The van der Waals surface area contributed by atoms with Crippen molar-refractivity contribution in [3.05, 3.63) is 18.0 Å². The summed E-state index contributed by atoms with van der Waals surface area (Å²) in [5, 5.41) is 3.24. The Bertz CT molecular complexity index is 518. The second kappa shape index (κ2) is 5.64. The van der Waals surface area contributed by atoms with Crippen molar-refractivity contribution in [3.63, 3.8) is 0 Å². The van der Waals surface area contributed by atoms with E-state index < -0.39 is 10.0 Å². The van der Waals surface area contributed by atoms with Gasteiger partial charge in [-0.25, -0.2) is 13.1 Å². The summed E-state index contributed by atoms with van der Waals surface area (Å²) in [6.45, 7) is 6.33. The normalized spacial score (nSPS) is 17.6. The summed E-state index contributed by atoms with van der Waals surface area (Å²) >= 11 is 0. The van der Waals surface area contributed by atoms with E-state index in [1.807, 2.05) is 0 Å². The molecule has 2 rings (SSSR count). The van der Waals surface area contributed by atoms with Crippen LogP contribution >= 0.6 is 0 Å². The van der Waals surface area contributed by atoms with Gasteiger partial charge in [-0.15, -0.1) is 0 Å². The minimum atomic E-state index is -3.37. The smallest absolute Gasteiger partial charge is 0.242 e. The van der Waals surface area contributed by atoms with Crippen molar-refractivity contribution in [3.8, 4) is 0 Å². The number of H-pyrrole nitrogens is 1. The van der Waals surface area contributed by atoms with Crippen molar-refractivity contribution in [1.82, 2.24) is 15.0 Å². The molecule has 0 amide bonds. The summed E-state index contributed by atoms with van der Waals surface area (Å²) in [7, 11) is -3.37. The molecule has 1 aromatic rings. The fourth-order valence-corrected chi connectivity index (χ4v) is 3.04. The van der Waals surface area contributed by atoms with Gasteiger partial charge in [0.05, 0.1) is 4.90 Å². The Kier molecular flexibility index (Phi) is 4.32. The van der Waals surface area contributed by atoms with E-state index in [-0.39, 0.29) is 5.41 Å². The van der Waals surface area contributed by atoms with Gasteiger partial charge in [0.1, 0.15) is 0 Å². The molecule has 0 spiro atoms. The fraction of sp³-hybridized carbons (Fsp3) is 0.692. The summed E-state index contributed by atoms with van der Waals surface area (Å²) in [6, 6.07) is 1.69. The maximum absolute atomic E-state index is 12.1. The van der Waals surface area contributed by atoms with E-state index in [4.69, 9.17) is 0 Å². The highest BCUT2D eigenvalue weighted by molar-refractivity contribution is 7.89. The van der Waals surface area contributed by atoms with Gasteiger partial charge < -0.3 is 10.3 Å². The molecule has 1 aromatic heterocycles. The van der Waals surface area contributed by atoms with E-state index in [2.05, 4.69) is 28.9 Å². The van der Waals surface area contributed by atoms with Gasteiger partial charge in [0.25, 0.3) is 0 Å². The van der Waals surface area contributed by atoms with Crippen molar-refractivity contribution in [2.45, 2.75) is 44.6 Å². The molecule has 0 saturated heterocycles. The van der Waals surface area contributed by atoms with E-state index in [0.717, 1.165) is 31.5 Å². The number of hydrogen-bond acceptors (Lipinski definition) is 3. The summed E-state index contributed by atoms with van der Waals surface area (Å²) in [5.74, 6) is 0. The zero-order valence-corrected chi connectivity index (χ0v) is 12.4. The van der Waals surface area contributed by atoms with Gasteiger partial charge in [-0.1, -0.05) is 13.8 Å². The van der Waals surface area contributed by atoms with Crippen LogP contribution in [0.2, 0.25) is 0 Å². The van der Waals surface area contributed by atoms with Crippen LogP contribution in [0.3, 0.4) is 0 Å². The highest BCUT2D eigenvalue weighted by atomic mass is 32.2. The largest absolute Gasteiger partial charge is 0.363 e. The van der Waals surface area contributed by atoms with Gasteiger partial charge >= 0.3 is 0 Å². The van der Waals surface area contributed by atoms with Gasteiger partial charge in [0, 0.05) is 25.0 Å². The third-order valence-corrected chi connectivity index (χ3v) is 4.94. The van der Waals surface area contributed by atoms with Crippen LogP contribution in [0.25, 0.3) is 0 Å². The highest BCUT2D eigenvalue weighted by Gasteiger charge is 2.38. The minimum Gasteiger partial charge on any atom is -0.363 e. The van der Waals surface area contributed by atoms with Crippen LogP contribution in [0, 0.1) is 5.41 Å². The molecule has 19 heavy (non-hydrogen) atoms. The predicted molar refractivity (Wildman–Crippen MR) is 75.3 cm³/mol. The second-order valence-electron chi connectivity index (χ2n) is 5.67. The summed E-state index contributed by atoms with van der Waals surface area (Å²) in [5.41, 5.74) is 1.07. The number of sulfonamides is 1. The van der Waals surface area contributed by atoms with Gasteiger partial charge in [-0.2, -0.15) is 0 Å². The average molecular weight is 285 g/mol. The number of hydrogen-bond donors (Lipinski definition) is 3. The SMILES string of the molecule is CCCNCc1cc(S(=O)(=O)NCC2(C)CC2)c[nH]1. The van der Waals surface area contributed by atoms with Gasteiger partial charge in [-0.3, -0.25) is 0 Å². The maximum Gasteiger partial charge on any atom is 0.242 e. The van der Waals surface area contributed by atoms with Crippen molar-refractivity contribution in [2.24, 2.45) is 5.41 Å². The van der Waals surface area contributed by atoms with E-state index in [9.17, 15) is 8.42 Å². The fourth-order valence-electron chi connectivity index (χ4n) is 1.82. The van der Waals surface area contributed by atoms with Gasteiger partial charge in [-0.05, 0) is 37.3 Å². The summed E-state index contributed by atoms with van der Waals surface area (Å²) < 4.78 is 26.9. The number of rotatable bonds is 8. The zero-order valence-electron chi connectivity index (χ0n) is 11.6. The first kappa shape index (κ1) is 14.6. The first-order chi connectivity index (χ1) is 8.95. The molecule has 1 saturated carbocycles. The number of nitrogens with one attached hydrogen (secondary N) is 3. The molecule has 1 aliphatic carbocycles. The molecule has 5 nitrogen and oxygen atoms in total. The Morgan fingerprint density at radius 3 is 2.79 bits per heavy atom. The third kappa shape index (κ3) is 4.06. The van der Waals surface area contributed by atoms with Crippen LogP contribution in [0.5, 0.6) is 0 Å². The van der Waals surface area contributed by atoms with E-state index in [1.54, 1.807) is 12.3 Å². The molecule has 1 heterocycles. The molecule has 108 valence electrons. The van der Waals surface area contributed by atoms with Crippen LogP contribution in [0.1, 0.15) is 38.8 Å². The molecule has 0 aliphatic heterocycles. The lowest BCUT2D eigenvalue weighted by atomic mass is 10.2. The van der Waals surface area contributed by atoms with Gasteiger partial charge in [0.15, 0.2) is 0 Å². The van der Waals surface area contributed by atoms with Crippen LogP contribution in [0.15, 0.2) is 17.2 Å². The van der Waals surface area contributed by atoms with Crippen LogP contribution in [-0.2, 0) is 16.6 Å². The molecular weight excluding hydrogens is 262 g/mol. The zero-order chi connectivity index (χ0) is 13.9. The Morgan fingerprint density at radius 1 is 1.42 bits per heavy atom. The molecule has 0 radical (unpaired) electrons. The molecule has 0 atom stereocenters. The predicted octanol–water partition coefficient (Wildman–Crippen LogP) is 1.59. The Labute approximate surface area is 115 Å². The van der Waals surface area contributed by atoms with Crippen LogP contribution in [0.4, 0.5) is 0 Å². The molecule has 0 aromatic carbocycles. The molecule has 1 fully saturated rings. The van der Waals surface area contributed by atoms with E-state index in [0.29, 0.717) is 18.0 Å². The first-order valence-corrected chi connectivity index (χ1v) is 8.31. The summed E-state index contributed by atoms with van der Waals surface area (Å²) in [6.07, 6.45) is 4.83. The molecule has 0 bridgehead atoms. The lowest BCUT2D eigenvalue weighted by molar-refractivity contribution is 0.530. The first-order valence-electron chi connectivity index (χ1n) is 6.83. The number of aromatic nitrogens is 1. The standard InChI is InChI=1S/C13H23N3O2S/c1-3-6-14-8-11-7-12(9-15-11)19(17,18)16-10-13(2)4-5-13/h7,9,14-16H,3-6,8,10H2,1-2H3. The number of aromatic amines is 1. The van der Waals surface area contributed by atoms with E-state index in [1.165, 1.54) is 0 Å². The Morgan fingerprint density at radius 2 is 2.16 bits per heavy atom. The average Bonchev–Trinajstić information content (AvgIpc) is 2.91. The van der Waals surface area contributed by atoms with Crippen molar-refractivity contribution in [2.75, 3.05) is 13.1 Å². The van der Waals surface area contributed by atoms with Crippen molar-refractivity contribution >= 4 is 10.0 Å². The summed E-state index contributed by atoms with van der Waals surface area (Å²) in [4.78, 5) is 3.33. The molecular formula is C13H23N3O2S. The topological polar surface area (TPSA) is 74.0 Å². The van der Waals surface area contributed by atoms with Crippen LogP contribution < -0.4 is 10.0 Å². The molecule has 0 unspecified atom stereocenters.